The van der Waals surface area contributed by atoms with Gasteiger partial charge in [-0.2, -0.15) is 0 Å². The van der Waals surface area contributed by atoms with Crippen molar-refractivity contribution in [1.29, 1.82) is 0 Å². The van der Waals surface area contributed by atoms with Crippen molar-refractivity contribution in [2.45, 2.75) is 19.6 Å². The molecule has 0 spiro atoms. The van der Waals surface area contributed by atoms with Crippen LogP contribution in [0.15, 0.2) is 30.3 Å². The number of halogens is 1. The molecule has 2 rings (SSSR count). The van der Waals surface area contributed by atoms with Gasteiger partial charge >= 0.3 is 0 Å². The molecule has 0 aliphatic carbocycles. The molecule has 1 atom stereocenters. The van der Waals surface area contributed by atoms with Gasteiger partial charge in [-0.15, -0.1) is 0 Å². The van der Waals surface area contributed by atoms with Gasteiger partial charge in [0.15, 0.2) is 5.82 Å². The fourth-order valence-corrected chi connectivity index (χ4v) is 2.32. The molecule has 0 saturated carbocycles. The second-order valence-corrected chi connectivity index (χ2v) is 5.03. The molecule has 2 aromatic rings. The topological polar surface area (TPSA) is 59.1 Å². The number of hydrogen-bond donors (Lipinski definition) is 2. The maximum atomic E-state index is 6.22. The predicted molar refractivity (Wildman–Crippen MR) is 85.8 cm³/mol. The van der Waals surface area contributed by atoms with E-state index >= 15 is 0 Å². The molecule has 1 unspecified atom stereocenters. The molecular weight excluding hydrogens is 288 g/mol. The van der Waals surface area contributed by atoms with Gasteiger partial charge in [-0.1, -0.05) is 29.8 Å². The van der Waals surface area contributed by atoms with Gasteiger partial charge in [0.25, 0.3) is 0 Å². The highest BCUT2D eigenvalue weighted by atomic mass is 35.5. The molecule has 2 N–H and O–H groups in total. The largest absolute Gasteiger partial charge is 0.377 e. The zero-order chi connectivity index (χ0) is 15.2. The van der Waals surface area contributed by atoms with Gasteiger partial charge in [0, 0.05) is 25.2 Å². The molecule has 1 aromatic carbocycles. The van der Waals surface area contributed by atoms with Crippen molar-refractivity contribution in [3.05, 3.63) is 46.7 Å². The Hall–Kier alpha value is -1.85. The molecular formula is C15H19ClN4O. The molecule has 0 saturated heterocycles. The molecule has 112 valence electrons. The minimum absolute atomic E-state index is 0.0358. The fourth-order valence-electron chi connectivity index (χ4n) is 2.02. The SMILES string of the molecule is CNc1cc(NC(C)c2ccccc2Cl)nc(COC)n1. The molecule has 0 amide bonds. The number of benzene rings is 1. The number of aromatic nitrogens is 2. The van der Waals surface area contributed by atoms with Crippen LogP contribution in [0.1, 0.15) is 24.4 Å². The minimum atomic E-state index is 0.0358. The second kappa shape index (κ2) is 7.24. The molecule has 1 aromatic heterocycles. The lowest BCUT2D eigenvalue weighted by atomic mass is 10.1. The van der Waals surface area contributed by atoms with Crippen molar-refractivity contribution < 1.29 is 4.74 Å². The summed E-state index contributed by atoms with van der Waals surface area (Å²) in [6.07, 6.45) is 0. The van der Waals surface area contributed by atoms with E-state index in [2.05, 4.69) is 20.6 Å². The highest BCUT2D eigenvalue weighted by molar-refractivity contribution is 6.31. The number of hydrogen-bond acceptors (Lipinski definition) is 5. The van der Waals surface area contributed by atoms with Gasteiger partial charge in [0.2, 0.25) is 0 Å². The second-order valence-electron chi connectivity index (χ2n) is 4.63. The zero-order valence-electron chi connectivity index (χ0n) is 12.4. The van der Waals surface area contributed by atoms with Gasteiger partial charge in [0.1, 0.15) is 18.2 Å². The van der Waals surface area contributed by atoms with Crippen molar-refractivity contribution in [3.8, 4) is 0 Å². The van der Waals surface area contributed by atoms with Crippen LogP contribution in [-0.4, -0.2) is 24.1 Å². The summed E-state index contributed by atoms with van der Waals surface area (Å²) in [4.78, 5) is 8.76. The van der Waals surface area contributed by atoms with Crippen LogP contribution < -0.4 is 10.6 Å². The van der Waals surface area contributed by atoms with Gasteiger partial charge in [-0.25, -0.2) is 9.97 Å². The molecule has 0 radical (unpaired) electrons. The zero-order valence-corrected chi connectivity index (χ0v) is 13.1. The normalized spacial score (nSPS) is 12.0. The van der Waals surface area contributed by atoms with E-state index in [9.17, 15) is 0 Å². The van der Waals surface area contributed by atoms with Crippen molar-refractivity contribution in [3.63, 3.8) is 0 Å². The van der Waals surface area contributed by atoms with Crippen LogP contribution >= 0.6 is 11.6 Å². The fraction of sp³-hybridized carbons (Fsp3) is 0.333. The quantitative estimate of drug-likeness (QED) is 0.855. The number of anilines is 2. The van der Waals surface area contributed by atoms with E-state index in [1.165, 1.54) is 0 Å². The van der Waals surface area contributed by atoms with Crippen LogP contribution in [0.4, 0.5) is 11.6 Å². The summed E-state index contributed by atoms with van der Waals surface area (Å²) in [5.74, 6) is 2.10. The van der Waals surface area contributed by atoms with Crippen LogP contribution in [0.25, 0.3) is 0 Å². The summed E-state index contributed by atoms with van der Waals surface area (Å²) in [7, 11) is 3.44. The summed E-state index contributed by atoms with van der Waals surface area (Å²) in [5, 5.41) is 7.09. The molecule has 0 aliphatic heterocycles. The number of nitrogens with one attached hydrogen (secondary N) is 2. The smallest absolute Gasteiger partial charge is 0.158 e. The summed E-state index contributed by atoms with van der Waals surface area (Å²) in [6.45, 7) is 2.41. The standard InChI is InChI=1S/C15H19ClN4O/c1-10(11-6-4-5-7-12(11)16)18-14-8-13(17-2)19-15(20-14)9-21-3/h4-8,10H,9H2,1-3H3,(H2,17,18,19,20). The Morgan fingerprint density at radius 2 is 1.95 bits per heavy atom. The third-order valence-corrected chi connectivity index (χ3v) is 3.38. The van der Waals surface area contributed by atoms with Crippen LogP contribution in [0.5, 0.6) is 0 Å². The third-order valence-electron chi connectivity index (χ3n) is 3.04. The van der Waals surface area contributed by atoms with E-state index in [0.717, 1.165) is 22.2 Å². The van der Waals surface area contributed by atoms with Crippen molar-refractivity contribution >= 4 is 23.2 Å². The summed E-state index contributed by atoms with van der Waals surface area (Å²) in [6, 6.07) is 9.65. The Balaban J connectivity index is 2.22. The highest BCUT2D eigenvalue weighted by Gasteiger charge is 2.11. The first kappa shape index (κ1) is 15.5. The van der Waals surface area contributed by atoms with Gasteiger partial charge in [-0.05, 0) is 18.6 Å². The van der Waals surface area contributed by atoms with Crippen molar-refractivity contribution in [2.75, 3.05) is 24.8 Å². The molecule has 0 aliphatic rings. The third kappa shape index (κ3) is 4.06. The summed E-state index contributed by atoms with van der Waals surface area (Å²) >= 11 is 6.22. The van der Waals surface area contributed by atoms with E-state index in [4.69, 9.17) is 16.3 Å². The molecule has 6 heteroatoms. The lowest BCUT2D eigenvalue weighted by molar-refractivity contribution is 0.178. The predicted octanol–water partition coefficient (Wildman–Crippen LogP) is 3.49. The molecule has 1 heterocycles. The van der Waals surface area contributed by atoms with Crippen LogP contribution in [0, 0.1) is 0 Å². The van der Waals surface area contributed by atoms with E-state index < -0.39 is 0 Å². The Morgan fingerprint density at radius 1 is 1.24 bits per heavy atom. The number of methoxy groups -OCH3 is 1. The lowest BCUT2D eigenvalue weighted by Crippen LogP contribution is -2.11. The number of rotatable bonds is 6. The monoisotopic (exact) mass is 306 g/mol. The maximum Gasteiger partial charge on any atom is 0.158 e. The van der Waals surface area contributed by atoms with E-state index in [-0.39, 0.29) is 6.04 Å². The first-order chi connectivity index (χ1) is 10.1. The van der Waals surface area contributed by atoms with Crippen molar-refractivity contribution in [1.82, 2.24) is 9.97 Å². The van der Waals surface area contributed by atoms with E-state index in [1.54, 1.807) is 7.11 Å². The average molecular weight is 307 g/mol. The van der Waals surface area contributed by atoms with Gasteiger partial charge in [-0.3, -0.25) is 0 Å². The molecule has 21 heavy (non-hydrogen) atoms. The summed E-state index contributed by atoms with van der Waals surface area (Å²) in [5.41, 5.74) is 1.03. The van der Waals surface area contributed by atoms with Crippen LogP contribution in [-0.2, 0) is 11.3 Å². The average Bonchev–Trinajstić information content (AvgIpc) is 2.47. The number of ether oxygens (including phenoxy) is 1. The minimum Gasteiger partial charge on any atom is -0.377 e. The van der Waals surface area contributed by atoms with Crippen molar-refractivity contribution in [2.24, 2.45) is 0 Å². The van der Waals surface area contributed by atoms with Gasteiger partial charge in [0.05, 0.1) is 6.04 Å². The lowest BCUT2D eigenvalue weighted by Gasteiger charge is -2.17. The van der Waals surface area contributed by atoms with Crippen LogP contribution in [0.3, 0.4) is 0 Å². The first-order valence-corrected chi connectivity index (χ1v) is 7.07. The first-order valence-electron chi connectivity index (χ1n) is 6.69. The van der Waals surface area contributed by atoms with Gasteiger partial charge < -0.3 is 15.4 Å². The number of nitrogens with zero attached hydrogens (tertiary/aromatic N) is 2. The van der Waals surface area contributed by atoms with E-state index in [1.807, 2.05) is 44.3 Å². The summed E-state index contributed by atoms with van der Waals surface area (Å²) < 4.78 is 5.09. The van der Waals surface area contributed by atoms with Crippen LogP contribution in [0.2, 0.25) is 5.02 Å². The Bertz CT molecular complexity index is 606. The maximum absolute atomic E-state index is 6.22. The van der Waals surface area contributed by atoms with E-state index in [0.29, 0.717) is 12.4 Å². The Labute approximate surface area is 129 Å². The Morgan fingerprint density at radius 3 is 2.62 bits per heavy atom. The highest BCUT2D eigenvalue weighted by Crippen LogP contribution is 2.25. The molecule has 5 nitrogen and oxygen atoms in total. The molecule has 0 fully saturated rings. The Kier molecular flexibility index (Phi) is 5.36. The molecule has 0 bridgehead atoms.